The number of carbonyl (C=O) groups excluding carboxylic acids is 2. The zero-order valence-electron chi connectivity index (χ0n) is 16.6. The van der Waals surface area contributed by atoms with Gasteiger partial charge < -0.3 is 24.8 Å². The average molecular weight is 386 g/mol. The Balaban J connectivity index is 2.11. The standard InChI is InChI=1S/C21H26N2O5/c1-5-6-11-22-20(24)14-7-9-15(10-8-14)21(25)23-16-12-17(26-2)19(28-4)18(13-16)27-3/h7-10,12-13H,5-6,11H2,1-4H3,(H,22,24)(H,23,25). The lowest BCUT2D eigenvalue weighted by molar-refractivity contribution is 0.0951. The van der Waals surface area contributed by atoms with E-state index in [-0.39, 0.29) is 11.8 Å². The molecule has 7 nitrogen and oxygen atoms in total. The van der Waals surface area contributed by atoms with Crippen LogP contribution >= 0.6 is 0 Å². The largest absolute Gasteiger partial charge is 0.493 e. The summed E-state index contributed by atoms with van der Waals surface area (Å²) in [5.74, 6) is 0.867. The van der Waals surface area contributed by atoms with E-state index in [4.69, 9.17) is 14.2 Å². The molecule has 0 fully saturated rings. The van der Waals surface area contributed by atoms with Crippen molar-refractivity contribution in [2.24, 2.45) is 0 Å². The monoisotopic (exact) mass is 386 g/mol. The van der Waals surface area contributed by atoms with Gasteiger partial charge in [-0.2, -0.15) is 0 Å². The Morgan fingerprint density at radius 2 is 1.39 bits per heavy atom. The highest BCUT2D eigenvalue weighted by atomic mass is 16.5. The summed E-state index contributed by atoms with van der Waals surface area (Å²) in [6, 6.07) is 9.78. The second-order valence-electron chi connectivity index (χ2n) is 6.05. The van der Waals surface area contributed by atoms with Crippen molar-refractivity contribution in [1.29, 1.82) is 0 Å². The molecule has 0 atom stereocenters. The molecule has 2 aromatic rings. The molecule has 0 saturated carbocycles. The molecule has 150 valence electrons. The molecule has 0 aromatic heterocycles. The van der Waals surface area contributed by atoms with E-state index in [0.717, 1.165) is 12.8 Å². The lowest BCUT2D eigenvalue weighted by atomic mass is 10.1. The van der Waals surface area contributed by atoms with Crippen LogP contribution < -0.4 is 24.8 Å². The molecule has 0 aliphatic rings. The Bertz CT molecular complexity index is 793. The van der Waals surface area contributed by atoms with Gasteiger partial charge in [-0.3, -0.25) is 9.59 Å². The predicted molar refractivity (Wildman–Crippen MR) is 108 cm³/mol. The van der Waals surface area contributed by atoms with Crippen molar-refractivity contribution in [2.75, 3.05) is 33.2 Å². The molecule has 0 radical (unpaired) electrons. The van der Waals surface area contributed by atoms with E-state index >= 15 is 0 Å². The number of hydrogen-bond donors (Lipinski definition) is 2. The van der Waals surface area contributed by atoms with Gasteiger partial charge in [-0.25, -0.2) is 0 Å². The number of benzene rings is 2. The fourth-order valence-electron chi connectivity index (χ4n) is 2.61. The molecule has 2 N–H and O–H groups in total. The zero-order valence-corrected chi connectivity index (χ0v) is 16.6. The van der Waals surface area contributed by atoms with Crippen LogP contribution in [-0.4, -0.2) is 39.7 Å². The second kappa shape index (κ2) is 10.2. The van der Waals surface area contributed by atoms with Gasteiger partial charge >= 0.3 is 0 Å². The van der Waals surface area contributed by atoms with Crippen LogP contribution in [0.4, 0.5) is 5.69 Å². The summed E-state index contributed by atoms with van der Waals surface area (Å²) in [6.07, 6.45) is 1.95. The molecule has 0 spiro atoms. The fourth-order valence-corrected chi connectivity index (χ4v) is 2.61. The van der Waals surface area contributed by atoms with E-state index in [2.05, 4.69) is 17.6 Å². The van der Waals surface area contributed by atoms with Crippen LogP contribution in [0.15, 0.2) is 36.4 Å². The summed E-state index contributed by atoms with van der Waals surface area (Å²) in [7, 11) is 4.53. The molecule has 0 bridgehead atoms. The molecule has 0 heterocycles. The van der Waals surface area contributed by atoms with Crippen LogP contribution in [0, 0.1) is 0 Å². The first-order valence-electron chi connectivity index (χ1n) is 9.03. The predicted octanol–water partition coefficient (Wildman–Crippen LogP) is 3.49. The highest BCUT2D eigenvalue weighted by Gasteiger charge is 2.15. The number of unbranched alkanes of at least 4 members (excludes halogenated alkanes) is 1. The third-order valence-electron chi connectivity index (χ3n) is 4.15. The van der Waals surface area contributed by atoms with Crippen molar-refractivity contribution >= 4 is 17.5 Å². The number of ether oxygens (including phenoxy) is 3. The van der Waals surface area contributed by atoms with E-state index in [1.807, 2.05) is 0 Å². The smallest absolute Gasteiger partial charge is 0.255 e. The Morgan fingerprint density at radius 1 is 0.857 bits per heavy atom. The van der Waals surface area contributed by atoms with Crippen molar-refractivity contribution in [3.05, 3.63) is 47.5 Å². The van der Waals surface area contributed by atoms with Crippen LogP contribution in [0.5, 0.6) is 17.2 Å². The fraction of sp³-hybridized carbons (Fsp3) is 0.333. The third kappa shape index (κ3) is 5.16. The minimum atomic E-state index is -0.313. The minimum Gasteiger partial charge on any atom is -0.493 e. The Kier molecular flexibility index (Phi) is 7.68. The van der Waals surface area contributed by atoms with Crippen LogP contribution in [0.1, 0.15) is 40.5 Å². The lowest BCUT2D eigenvalue weighted by Gasteiger charge is -2.14. The first-order chi connectivity index (χ1) is 13.5. The number of nitrogens with one attached hydrogen (secondary N) is 2. The van der Waals surface area contributed by atoms with Gasteiger partial charge in [-0.05, 0) is 30.7 Å². The van der Waals surface area contributed by atoms with Gasteiger partial charge in [0.2, 0.25) is 5.75 Å². The summed E-state index contributed by atoms with van der Waals surface area (Å²) in [5.41, 5.74) is 1.44. The molecule has 0 aliphatic carbocycles. The van der Waals surface area contributed by atoms with Gasteiger partial charge in [-0.1, -0.05) is 13.3 Å². The van der Waals surface area contributed by atoms with E-state index in [1.54, 1.807) is 36.4 Å². The summed E-state index contributed by atoms with van der Waals surface area (Å²) in [5, 5.41) is 5.64. The average Bonchev–Trinajstić information content (AvgIpc) is 2.73. The van der Waals surface area contributed by atoms with E-state index < -0.39 is 0 Å². The number of carbonyl (C=O) groups is 2. The SMILES string of the molecule is CCCCNC(=O)c1ccc(C(=O)Nc2cc(OC)c(OC)c(OC)c2)cc1. The Labute approximate surface area is 165 Å². The van der Waals surface area contributed by atoms with E-state index in [0.29, 0.717) is 40.6 Å². The topological polar surface area (TPSA) is 85.9 Å². The summed E-state index contributed by atoms with van der Waals surface area (Å²) in [4.78, 5) is 24.6. The molecule has 2 rings (SSSR count). The Hall–Kier alpha value is -3.22. The normalized spacial score (nSPS) is 10.1. The summed E-state index contributed by atoms with van der Waals surface area (Å²) < 4.78 is 15.8. The number of hydrogen-bond acceptors (Lipinski definition) is 5. The first-order valence-corrected chi connectivity index (χ1v) is 9.03. The summed E-state index contributed by atoms with van der Waals surface area (Å²) >= 11 is 0. The zero-order chi connectivity index (χ0) is 20.5. The quantitative estimate of drug-likeness (QED) is 0.644. The van der Waals surface area contributed by atoms with E-state index in [9.17, 15) is 9.59 Å². The van der Waals surface area contributed by atoms with Crippen molar-refractivity contribution in [3.63, 3.8) is 0 Å². The van der Waals surface area contributed by atoms with Gasteiger partial charge in [0.1, 0.15) is 0 Å². The van der Waals surface area contributed by atoms with Crippen LogP contribution in [-0.2, 0) is 0 Å². The van der Waals surface area contributed by atoms with Gasteiger partial charge in [-0.15, -0.1) is 0 Å². The van der Waals surface area contributed by atoms with Crippen molar-refractivity contribution < 1.29 is 23.8 Å². The summed E-state index contributed by atoms with van der Waals surface area (Å²) in [6.45, 7) is 2.70. The molecular weight excluding hydrogens is 360 g/mol. The first kappa shape index (κ1) is 21.1. The number of methoxy groups -OCH3 is 3. The van der Waals surface area contributed by atoms with Crippen molar-refractivity contribution in [1.82, 2.24) is 5.32 Å². The van der Waals surface area contributed by atoms with Gasteiger partial charge in [0.25, 0.3) is 11.8 Å². The van der Waals surface area contributed by atoms with Gasteiger partial charge in [0, 0.05) is 35.5 Å². The maximum atomic E-state index is 12.5. The lowest BCUT2D eigenvalue weighted by Crippen LogP contribution is -2.24. The molecule has 2 aromatic carbocycles. The number of anilines is 1. The minimum absolute atomic E-state index is 0.148. The molecule has 28 heavy (non-hydrogen) atoms. The highest BCUT2D eigenvalue weighted by molar-refractivity contribution is 6.05. The highest BCUT2D eigenvalue weighted by Crippen LogP contribution is 2.40. The van der Waals surface area contributed by atoms with Crippen LogP contribution in [0.3, 0.4) is 0 Å². The van der Waals surface area contributed by atoms with Gasteiger partial charge in [0.15, 0.2) is 11.5 Å². The molecular formula is C21H26N2O5. The molecule has 0 aliphatic heterocycles. The van der Waals surface area contributed by atoms with E-state index in [1.165, 1.54) is 21.3 Å². The van der Waals surface area contributed by atoms with Gasteiger partial charge in [0.05, 0.1) is 21.3 Å². The number of amides is 2. The molecule has 7 heteroatoms. The van der Waals surface area contributed by atoms with Crippen LogP contribution in [0.25, 0.3) is 0 Å². The van der Waals surface area contributed by atoms with Crippen molar-refractivity contribution in [2.45, 2.75) is 19.8 Å². The van der Waals surface area contributed by atoms with Crippen LogP contribution in [0.2, 0.25) is 0 Å². The number of rotatable bonds is 9. The second-order valence-corrected chi connectivity index (χ2v) is 6.05. The van der Waals surface area contributed by atoms with Crippen molar-refractivity contribution in [3.8, 4) is 17.2 Å². The molecule has 0 saturated heterocycles. The maximum Gasteiger partial charge on any atom is 0.255 e. The maximum absolute atomic E-state index is 12.5. The molecule has 0 unspecified atom stereocenters. The molecule has 2 amide bonds. The Morgan fingerprint density at radius 3 is 1.86 bits per heavy atom. The third-order valence-corrected chi connectivity index (χ3v) is 4.15.